The number of benzene rings is 3. The van der Waals surface area contributed by atoms with Crippen molar-refractivity contribution in [1.29, 1.82) is 0 Å². The molecule has 1 fully saturated rings. The number of halogens is 1. The van der Waals surface area contributed by atoms with Crippen molar-refractivity contribution < 1.29 is 17.9 Å². The maximum atomic E-state index is 13.5. The van der Waals surface area contributed by atoms with Crippen LogP contribution in [0.25, 0.3) is 10.8 Å². The largest absolute Gasteiger partial charge is 0.497 e. The summed E-state index contributed by atoms with van der Waals surface area (Å²) in [6.45, 7) is 3.04. The molecule has 10 heteroatoms. The minimum Gasteiger partial charge on any atom is -0.497 e. The lowest BCUT2D eigenvalue weighted by molar-refractivity contribution is 0.111. The van der Waals surface area contributed by atoms with Crippen LogP contribution in [0.2, 0.25) is 0 Å². The molecule has 0 saturated carbocycles. The number of urea groups is 1. The Kier molecular flexibility index (Phi) is 9.19. The van der Waals surface area contributed by atoms with E-state index in [0.29, 0.717) is 18.8 Å². The van der Waals surface area contributed by atoms with Crippen molar-refractivity contribution in [1.82, 2.24) is 14.7 Å². The second kappa shape index (κ2) is 11.9. The molecule has 3 aromatic rings. The van der Waals surface area contributed by atoms with E-state index in [1.54, 1.807) is 30.2 Å². The second-order valence-electron chi connectivity index (χ2n) is 8.90. The summed E-state index contributed by atoms with van der Waals surface area (Å²) in [4.78, 5) is 17.9. The van der Waals surface area contributed by atoms with E-state index in [-0.39, 0.29) is 35.9 Å². The van der Waals surface area contributed by atoms with Crippen LogP contribution >= 0.6 is 12.4 Å². The molecule has 1 aliphatic rings. The minimum atomic E-state index is -4.03. The number of hydrogen-bond donors (Lipinski definition) is 2. The number of rotatable bonds is 7. The van der Waals surface area contributed by atoms with Crippen molar-refractivity contribution in [3.05, 3.63) is 71.8 Å². The summed E-state index contributed by atoms with van der Waals surface area (Å²) in [7, 11) is -2.45. The number of carbonyl (C=O) groups is 1. The number of fused-ring (bicyclic) bond motifs is 1. The topological polar surface area (TPSA) is 105 Å². The summed E-state index contributed by atoms with van der Waals surface area (Å²) >= 11 is 0. The fourth-order valence-corrected chi connectivity index (χ4v) is 5.48. The Bertz CT molecular complexity index is 1320. The third-order valence-electron chi connectivity index (χ3n) is 6.41. The first-order chi connectivity index (χ1) is 16.8. The van der Waals surface area contributed by atoms with Gasteiger partial charge in [0.1, 0.15) is 5.75 Å². The highest BCUT2D eigenvalue weighted by molar-refractivity contribution is 7.89. The molecular weight excluding hydrogens is 500 g/mol. The smallest absolute Gasteiger partial charge is 0.335 e. The van der Waals surface area contributed by atoms with Crippen LogP contribution < -0.4 is 15.3 Å². The van der Waals surface area contributed by atoms with Crippen LogP contribution in [0.1, 0.15) is 37.3 Å². The van der Waals surface area contributed by atoms with Crippen molar-refractivity contribution in [2.45, 2.75) is 50.2 Å². The molecule has 3 N–H and O–H groups in total. The van der Waals surface area contributed by atoms with Crippen LogP contribution in [0.3, 0.4) is 0 Å². The molecule has 1 aliphatic heterocycles. The first-order valence-corrected chi connectivity index (χ1v) is 13.3. The van der Waals surface area contributed by atoms with E-state index in [9.17, 15) is 13.2 Å². The van der Waals surface area contributed by atoms with Gasteiger partial charge in [0.25, 0.3) is 10.0 Å². The molecule has 0 aliphatic carbocycles. The van der Waals surface area contributed by atoms with Crippen molar-refractivity contribution in [2.24, 2.45) is 5.73 Å². The number of nitrogens with zero attached hydrogens (tertiary/aromatic N) is 2. The monoisotopic (exact) mass is 532 g/mol. The number of carbonyl (C=O) groups excluding carboxylic acids is 1. The van der Waals surface area contributed by atoms with E-state index in [1.807, 2.05) is 43.3 Å². The maximum absolute atomic E-state index is 13.5. The SMILES string of the molecule is COc1ccc2cc(S(=O)(=O)NN(Cc3cccc(CN)c3)C(=O)N3CCCCC3C)ccc2c1.Cl. The number of sulfonamides is 1. The average molecular weight is 533 g/mol. The number of piperidine rings is 1. The summed E-state index contributed by atoms with van der Waals surface area (Å²) in [6, 6.07) is 17.5. The molecular formula is C26H33ClN4O4S. The zero-order chi connectivity index (χ0) is 25.0. The number of nitrogens with one attached hydrogen (secondary N) is 1. The minimum absolute atomic E-state index is 0. The summed E-state index contributed by atoms with van der Waals surface area (Å²) in [6.07, 6.45) is 2.84. The van der Waals surface area contributed by atoms with Gasteiger partial charge >= 0.3 is 6.03 Å². The molecule has 8 nitrogen and oxygen atoms in total. The summed E-state index contributed by atoms with van der Waals surface area (Å²) in [5.41, 5.74) is 7.48. The van der Waals surface area contributed by atoms with Crippen LogP contribution in [-0.4, -0.2) is 44.1 Å². The molecule has 0 bridgehead atoms. The summed E-state index contributed by atoms with van der Waals surface area (Å²) in [5, 5.41) is 2.81. The highest BCUT2D eigenvalue weighted by Gasteiger charge is 2.30. The van der Waals surface area contributed by atoms with Crippen molar-refractivity contribution in [2.75, 3.05) is 13.7 Å². The summed E-state index contributed by atoms with van der Waals surface area (Å²) < 4.78 is 32.1. The lowest BCUT2D eigenvalue weighted by Gasteiger charge is -2.37. The third-order valence-corrected chi connectivity index (χ3v) is 7.74. The Morgan fingerprint density at radius 2 is 1.81 bits per heavy atom. The number of hydrogen-bond acceptors (Lipinski definition) is 5. The van der Waals surface area contributed by atoms with Gasteiger partial charge in [0.15, 0.2) is 0 Å². The van der Waals surface area contributed by atoms with Gasteiger partial charge < -0.3 is 15.4 Å². The average Bonchev–Trinajstić information content (AvgIpc) is 2.87. The molecule has 0 radical (unpaired) electrons. The second-order valence-corrected chi connectivity index (χ2v) is 10.6. The maximum Gasteiger partial charge on any atom is 0.335 e. The summed E-state index contributed by atoms with van der Waals surface area (Å²) in [5.74, 6) is 0.693. The number of likely N-dealkylation sites (tertiary alicyclic amines) is 1. The first-order valence-electron chi connectivity index (χ1n) is 11.8. The lowest BCUT2D eigenvalue weighted by atomic mass is 10.0. The lowest BCUT2D eigenvalue weighted by Crippen LogP contribution is -2.54. The molecule has 194 valence electrons. The zero-order valence-corrected chi connectivity index (χ0v) is 22.1. The molecule has 2 amide bonds. The van der Waals surface area contributed by atoms with Gasteiger partial charge in [-0.05, 0) is 72.4 Å². The molecule has 3 aromatic carbocycles. The normalized spacial score (nSPS) is 15.9. The predicted octanol–water partition coefficient (Wildman–Crippen LogP) is 4.42. The molecule has 1 heterocycles. The number of ether oxygens (including phenoxy) is 1. The van der Waals surface area contributed by atoms with Crippen LogP contribution in [0.4, 0.5) is 4.79 Å². The van der Waals surface area contributed by atoms with Gasteiger partial charge in [-0.2, -0.15) is 0 Å². The van der Waals surface area contributed by atoms with Gasteiger partial charge in [0.05, 0.1) is 18.6 Å². The Hall–Kier alpha value is -2.85. The van der Waals surface area contributed by atoms with E-state index in [1.165, 1.54) is 11.1 Å². The zero-order valence-electron chi connectivity index (χ0n) is 20.5. The van der Waals surface area contributed by atoms with Gasteiger partial charge in [0, 0.05) is 19.1 Å². The van der Waals surface area contributed by atoms with Crippen LogP contribution in [0, 0.1) is 0 Å². The van der Waals surface area contributed by atoms with E-state index >= 15 is 0 Å². The Morgan fingerprint density at radius 1 is 1.08 bits per heavy atom. The molecule has 4 rings (SSSR count). The molecule has 1 atom stereocenters. The highest BCUT2D eigenvalue weighted by Crippen LogP contribution is 2.25. The van der Waals surface area contributed by atoms with Crippen LogP contribution in [0.5, 0.6) is 5.75 Å². The standard InChI is InChI=1S/C26H32N4O4S.ClH/c1-19-6-3-4-13-29(19)26(31)30(18-21-8-5-7-20(14-21)17-27)28-35(32,33)25-12-10-22-15-24(34-2)11-9-23(22)16-25;/h5,7-12,14-16,19,28H,3-4,6,13,17-18,27H2,1-2H3;1H. The Morgan fingerprint density at radius 3 is 2.53 bits per heavy atom. The number of amides is 2. The fourth-order valence-electron chi connectivity index (χ4n) is 4.41. The number of methoxy groups -OCH3 is 1. The first kappa shape index (κ1) is 27.7. The van der Waals surface area contributed by atoms with Crippen molar-refractivity contribution in [3.8, 4) is 5.75 Å². The fraction of sp³-hybridized carbons (Fsp3) is 0.346. The van der Waals surface area contributed by atoms with Gasteiger partial charge in [-0.3, -0.25) is 0 Å². The number of hydrazine groups is 1. The Labute approximate surface area is 218 Å². The van der Waals surface area contributed by atoms with Gasteiger partial charge in [-0.1, -0.05) is 36.4 Å². The van der Waals surface area contributed by atoms with Crippen LogP contribution in [0.15, 0.2) is 65.6 Å². The molecule has 1 unspecified atom stereocenters. The van der Waals surface area contributed by atoms with Crippen molar-refractivity contribution in [3.63, 3.8) is 0 Å². The quantitative estimate of drug-likeness (QED) is 0.438. The van der Waals surface area contributed by atoms with E-state index in [4.69, 9.17) is 10.5 Å². The molecule has 36 heavy (non-hydrogen) atoms. The van der Waals surface area contributed by atoms with E-state index in [2.05, 4.69) is 4.83 Å². The number of nitrogens with two attached hydrogens (primary N) is 1. The van der Waals surface area contributed by atoms with Crippen molar-refractivity contribution >= 4 is 39.2 Å². The molecule has 0 spiro atoms. The predicted molar refractivity (Wildman–Crippen MR) is 143 cm³/mol. The van der Waals surface area contributed by atoms with Gasteiger partial charge in [-0.15, -0.1) is 17.2 Å². The van der Waals surface area contributed by atoms with E-state index in [0.717, 1.165) is 41.2 Å². The molecule has 0 aromatic heterocycles. The van der Waals surface area contributed by atoms with Crippen LogP contribution in [-0.2, 0) is 23.1 Å². The third kappa shape index (κ3) is 6.28. The molecule has 1 saturated heterocycles. The van der Waals surface area contributed by atoms with Gasteiger partial charge in [0.2, 0.25) is 0 Å². The van der Waals surface area contributed by atoms with E-state index < -0.39 is 10.0 Å². The Balaban J connectivity index is 0.00000361. The highest BCUT2D eigenvalue weighted by atomic mass is 35.5. The van der Waals surface area contributed by atoms with Gasteiger partial charge in [-0.25, -0.2) is 18.2 Å².